The van der Waals surface area contributed by atoms with Crippen LogP contribution in [-0.4, -0.2) is 35.4 Å². The van der Waals surface area contributed by atoms with Crippen molar-refractivity contribution in [1.82, 2.24) is 0 Å². The van der Waals surface area contributed by atoms with Crippen LogP contribution in [0, 0.1) is 11.3 Å². The van der Waals surface area contributed by atoms with Crippen LogP contribution < -0.4 is 0 Å². The first-order valence-electron chi connectivity index (χ1n) is 5.59. The average Bonchev–Trinajstić information content (AvgIpc) is 2.12. The molecule has 1 fully saturated rings. The minimum atomic E-state index is -0.940. The number of Topliss-reactive ketones (excluding diaryl/α,β-unsaturated/α-hetero) is 2. The molecule has 0 amide bonds. The molecule has 0 aromatic heterocycles. The van der Waals surface area contributed by atoms with Crippen LogP contribution in [0.1, 0.15) is 33.1 Å². The first-order chi connectivity index (χ1) is 7.82. The molecule has 0 atom stereocenters. The summed E-state index contributed by atoms with van der Waals surface area (Å²) in [6.45, 7) is 3.89. The van der Waals surface area contributed by atoms with Crippen molar-refractivity contribution in [3.8, 4) is 0 Å². The van der Waals surface area contributed by atoms with Crippen molar-refractivity contribution in [2.45, 2.75) is 33.1 Å². The van der Waals surface area contributed by atoms with E-state index in [-0.39, 0.29) is 29.9 Å². The minimum Gasteiger partial charge on any atom is -0.481 e. The summed E-state index contributed by atoms with van der Waals surface area (Å²) in [6.07, 6.45) is 1.96. The lowest BCUT2D eigenvalue weighted by atomic mass is 9.72. The minimum absolute atomic E-state index is 0.0862. The van der Waals surface area contributed by atoms with Crippen molar-refractivity contribution in [3.63, 3.8) is 0 Å². The number of rotatable bonds is 4. The molecule has 0 bridgehead atoms. The number of nitrogens with zero attached hydrogens (tertiary/aromatic N) is 1. The molecule has 0 heterocycles. The normalized spacial score (nSPS) is 21.1. The number of hydrogen-bond donors (Lipinski definition) is 1. The van der Waals surface area contributed by atoms with Gasteiger partial charge in [0.2, 0.25) is 0 Å². The van der Waals surface area contributed by atoms with Gasteiger partial charge in [0.05, 0.1) is 6.42 Å². The molecule has 17 heavy (non-hydrogen) atoms. The summed E-state index contributed by atoms with van der Waals surface area (Å²) in [6, 6.07) is 0. The van der Waals surface area contributed by atoms with E-state index < -0.39 is 11.9 Å². The highest BCUT2D eigenvalue weighted by atomic mass is 16.4. The van der Waals surface area contributed by atoms with Crippen LogP contribution in [0.4, 0.5) is 0 Å². The lowest BCUT2D eigenvalue weighted by Crippen LogP contribution is -2.38. The Balaban J connectivity index is 2.57. The Labute approximate surface area is 99.9 Å². The van der Waals surface area contributed by atoms with Crippen molar-refractivity contribution >= 4 is 23.8 Å². The summed E-state index contributed by atoms with van der Waals surface area (Å²) in [4.78, 5) is 37.5. The van der Waals surface area contributed by atoms with Crippen molar-refractivity contribution in [1.29, 1.82) is 0 Å². The van der Waals surface area contributed by atoms with Gasteiger partial charge >= 0.3 is 5.97 Å². The van der Waals surface area contributed by atoms with Gasteiger partial charge in [-0.15, -0.1) is 0 Å². The summed E-state index contributed by atoms with van der Waals surface area (Å²) in [5.41, 5.74) is -0.264. The molecule has 0 saturated heterocycles. The summed E-state index contributed by atoms with van der Waals surface area (Å²) < 4.78 is 0. The van der Waals surface area contributed by atoms with Gasteiger partial charge in [-0.1, -0.05) is 13.8 Å². The van der Waals surface area contributed by atoms with E-state index in [1.807, 2.05) is 13.8 Å². The molecular weight excluding hydrogens is 222 g/mol. The SMILES string of the molecule is CC1(C)CC(=O)C(C=NCCC(=O)O)C(=O)C1. The number of carbonyl (C=O) groups excluding carboxylic acids is 2. The quantitative estimate of drug-likeness (QED) is 0.588. The number of hydrogen-bond acceptors (Lipinski definition) is 4. The largest absolute Gasteiger partial charge is 0.481 e. The van der Waals surface area contributed by atoms with E-state index in [4.69, 9.17) is 5.11 Å². The number of aliphatic carboxylic acids is 1. The standard InChI is InChI=1S/C12H17NO4/c1-12(2)5-9(14)8(10(15)6-12)7-13-4-3-11(16)17/h7-8H,3-6H2,1-2H3,(H,16,17). The van der Waals surface area contributed by atoms with Crippen molar-refractivity contribution in [2.24, 2.45) is 16.3 Å². The molecule has 0 unspecified atom stereocenters. The van der Waals surface area contributed by atoms with E-state index >= 15 is 0 Å². The van der Waals surface area contributed by atoms with E-state index in [1.165, 1.54) is 6.21 Å². The Morgan fingerprint density at radius 3 is 2.41 bits per heavy atom. The van der Waals surface area contributed by atoms with Crippen LogP contribution in [0.5, 0.6) is 0 Å². The maximum atomic E-state index is 11.7. The maximum absolute atomic E-state index is 11.7. The Bertz CT molecular complexity index is 351. The fraction of sp³-hybridized carbons (Fsp3) is 0.667. The second-order valence-corrected chi connectivity index (χ2v) is 5.13. The fourth-order valence-corrected chi connectivity index (χ4v) is 1.91. The molecule has 0 aliphatic heterocycles. The maximum Gasteiger partial charge on any atom is 0.305 e. The molecule has 1 aliphatic rings. The van der Waals surface area contributed by atoms with Crippen molar-refractivity contribution < 1.29 is 19.5 Å². The summed E-state index contributed by atoms with van der Waals surface area (Å²) in [5, 5.41) is 8.42. The lowest BCUT2D eigenvalue weighted by molar-refractivity contribution is -0.137. The van der Waals surface area contributed by atoms with E-state index in [0.717, 1.165) is 0 Å². The van der Waals surface area contributed by atoms with Crippen LogP contribution >= 0.6 is 0 Å². The Kier molecular flexibility index (Phi) is 4.15. The molecule has 5 heteroatoms. The first-order valence-corrected chi connectivity index (χ1v) is 5.59. The summed E-state index contributed by atoms with van der Waals surface area (Å²) in [5.74, 6) is -1.95. The predicted octanol–water partition coefficient (Wildman–Crippen LogP) is 1.11. The van der Waals surface area contributed by atoms with Crippen LogP contribution in [0.3, 0.4) is 0 Å². The molecule has 0 radical (unpaired) electrons. The highest BCUT2D eigenvalue weighted by molar-refractivity contribution is 6.16. The third-order valence-electron chi connectivity index (χ3n) is 2.71. The van der Waals surface area contributed by atoms with E-state index in [2.05, 4.69) is 4.99 Å². The molecule has 0 aromatic carbocycles. The number of aliphatic imine (C=N–C) groups is 1. The monoisotopic (exact) mass is 239 g/mol. The average molecular weight is 239 g/mol. The van der Waals surface area contributed by atoms with Gasteiger partial charge in [0.1, 0.15) is 17.5 Å². The highest BCUT2D eigenvalue weighted by Gasteiger charge is 2.38. The van der Waals surface area contributed by atoms with Gasteiger partial charge < -0.3 is 5.11 Å². The molecule has 94 valence electrons. The third-order valence-corrected chi connectivity index (χ3v) is 2.71. The van der Waals surface area contributed by atoms with Gasteiger partial charge in [0.15, 0.2) is 0 Å². The van der Waals surface area contributed by atoms with Crippen LogP contribution in [0.2, 0.25) is 0 Å². The van der Waals surface area contributed by atoms with Gasteiger partial charge in [0.25, 0.3) is 0 Å². The lowest BCUT2D eigenvalue weighted by Gasteiger charge is -2.30. The topological polar surface area (TPSA) is 83.8 Å². The molecule has 0 spiro atoms. The number of carboxylic acid groups (broad SMARTS) is 1. The number of ketones is 2. The Hall–Kier alpha value is -1.52. The van der Waals surface area contributed by atoms with Crippen molar-refractivity contribution in [2.75, 3.05) is 6.54 Å². The molecule has 5 nitrogen and oxygen atoms in total. The summed E-state index contributed by atoms with van der Waals surface area (Å²) >= 11 is 0. The zero-order chi connectivity index (χ0) is 13.1. The molecule has 1 aliphatic carbocycles. The number of carbonyl (C=O) groups is 3. The van der Waals surface area contributed by atoms with E-state index in [1.54, 1.807) is 0 Å². The molecule has 0 aromatic rings. The highest BCUT2D eigenvalue weighted by Crippen LogP contribution is 2.33. The second-order valence-electron chi connectivity index (χ2n) is 5.13. The molecule has 1 saturated carbocycles. The zero-order valence-electron chi connectivity index (χ0n) is 10.1. The van der Waals surface area contributed by atoms with Gasteiger partial charge in [-0.05, 0) is 5.41 Å². The van der Waals surface area contributed by atoms with E-state index in [0.29, 0.717) is 12.8 Å². The predicted molar refractivity (Wildman–Crippen MR) is 62.1 cm³/mol. The summed E-state index contributed by atoms with van der Waals surface area (Å²) in [7, 11) is 0. The fourth-order valence-electron chi connectivity index (χ4n) is 1.91. The van der Waals surface area contributed by atoms with Gasteiger partial charge in [-0.2, -0.15) is 0 Å². The number of carboxylic acids is 1. The van der Waals surface area contributed by atoms with Crippen LogP contribution in [0.15, 0.2) is 4.99 Å². The van der Waals surface area contributed by atoms with Crippen molar-refractivity contribution in [3.05, 3.63) is 0 Å². The third kappa shape index (κ3) is 4.09. The van der Waals surface area contributed by atoms with Crippen LogP contribution in [-0.2, 0) is 14.4 Å². The first kappa shape index (κ1) is 13.5. The van der Waals surface area contributed by atoms with Gasteiger partial charge in [-0.25, -0.2) is 0 Å². The Morgan fingerprint density at radius 2 is 1.94 bits per heavy atom. The molecule has 1 rings (SSSR count). The zero-order valence-corrected chi connectivity index (χ0v) is 10.1. The molecule has 1 N–H and O–H groups in total. The van der Waals surface area contributed by atoms with Crippen LogP contribution in [0.25, 0.3) is 0 Å². The molecular formula is C12H17NO4. The van der Waals surface area contributed by atoms with Gasteiger partial charge in [0, 0.05) is 25.6 Å². The smallest absolute Gasteiger partial charge is 0.305 e. The van der Waals surface area contributed by atoms with Gasteiger partial charge in [-0.3, -0.25) is 19.4 Å². The second kappa shape index (κ2) is 5.21. The van der Waals surface area contributed by atoms with E-state index in [9.17, 15) is 14.4 Å². The Morgan fingerprint density at radius 1 is 1.41 bits per heavy atom.